The van der Waals surface area contributed by atoms with Gasteiger partial charge in [0.15, 0.2) is 5.76 Å². The van der Waals surface area contributed by atoms with Crippen LogP contribution in [0, 0.1) is 12.8 Å². The molecule has 7 heteroatoms. The van der Waals surface area contributed by atoms with Crippen LogP contribution < -0.4 is 15.5 Å². The van der Waals surface area contributed by atoms with Crippen molar-refractivity contribution in [3.8, 4) is 0 Å². The lowest BCUT2D eigenvalue weighted by Crippen LogP contribution is -2.52. The third-order valence-corrected chi connectivity index (χ3v) is 5.45. The highest BCUT2D eigenvalue weighted by molar-refractivity contribution is 5.95. The largest absolute Gasteiger partial charge is 0.459 e. The van der Waals surface area contributed by atoms with Crippen molar-refractivity contribution in [3.63, 3.8) is 0 Å². The fourth-order valence-electron chi connectivity index (χ4n) is 3.66. The summed E-state index contributed by atoms with van der Waals surface area (Å²) < 4.78 is 5.11. The lowest BCUT2D eigenvalue weighted by molar-refractivity contribution is -0.124. The van der Waals surface area contributed by atoms with Gasteiger partial charge in [0, 0.05) is 45.0 Å². The summed E-state index contributed by atoms with van der Waals surface area (Å²) in [6, 6.07) is 11.2. The van der Waals surface area contributed by atoms with Gasteiger partial charge in [-0.15, -0.1) is 0 Å². The molecule has 1 saturated heterocycles. The number of hydrogen-bond donors (Lipinski definition) is 2. The Labute approximate surface area is 178 Å². The summed E-state index contributed by atoms with van der Waals surface area (Å²) in [5.41, 5.74) is 2.55. The van der Waals surface area contributed by atoms with Gasteiger partial charge in [0.2, 0.25) is 5.91 Å². The summed E-state index contributed by atoms with van der Waals surface area (Å²) in [6.45, 7) is 11.2. The van der Waals surface area contributed by atoms with E-state index in [9.17, 15) is 9.59 Å². The molecule has 1 aliphatic rings. The maximum Gasteiger partial charge on any atom is 0.287 e. The zero-order valence-corrected chi connectivity index (χ0v) is 18.1. The number of furan rings is 1. The van der Waals surface area contributed by atoms with Crippen LogP contribution in [-0.2, 0) is 4.79 Å². The van der Waals surface area contributed by atoms with E-state index in [1.165, 1.54) is 17.5 Å². The number of carbonyl (C=O) groups is 2. The predicted molar refractivity (Wildman–Crippen MR) is 118 cm³/mol. The molecule has 0 spiro atoms. The highest BCUT2D eigenvalue weighted by atomic mass is 16.3. The van der Waals surface area contributed by atoms with Crippen LogP contribution in [0.3, 0.4) is 0 Å². The van der Waals surface area contributed by atoms with E-state index >= 15 is 0 Å². The first kappa shape index (κ1) is 21.9. The highest BCUT2D eigenvalue weighted by Gasteiger charge is 2.25. The van der Waals surface area contributed by atoms with Crippen LogP contribution in [0.25, 0.3) is 0 Å². The minimum atomic E-state index is -0.597. The van der Waals surface area contributed by atoms with Crippen LogP contribution >= 0.6 is 0 Å². The van der Waals surface area contributed by atoms with Crippen molar-refractivity contribution in [3.05, 3.63) is 54.0 Å². The van der Waals surface area contributed by atoms with Crippen molar-refractivity contribution < 1.29 is 14.0 Å². The Bertz CT molecular complexity index is 827. The molecule has 0 bridgehead atoms. The molecule has 2 N–H and O–H groups in total. The fraction of sp³-hybridized carbons (Fsp3) is 0.478. The molecule has 2 heterocycles. The molecule has 1 unspecified atom stereocenters. The zero-order chi connectivity index (χ0) is 21.5. The van der Waals surface area contributed by atoms with Crippen molar-refractivity contribution in [1.82, 2.24) is 15.5 Å². The average molecular weight is 413 g/mol. The molecule has 1 fully saturated rings. The summed E-state index contributed by atoms with van der Waals surface area (Å²) in [7, 11) is 0. The molecule has 30 heavy (non-hydrogen) atoms. The first-order valence-electron chi connectivity index (χ1n) is 10.6. The molecule has 1 aromatic heterocycles. The number of amides is 2. The van der Waals surface area contributed by atoms with Crippen LogP contribution in [0.4, 0.5) is 5.69 Å². The van der Waals surface area contributed by atoms with Gasteiger partial charge in [-0.2, -0.15) is 0 Å². The van der Waals surface area contributed by atoms with Gasteiger partial charge >= 0.3 is 0 Å². The molecular formula is C23H32N4O3. The average Bonchev–Trinajstić information content (AvgIpc) is 3.27. The molecule has 1 aliphatic heterocycles. The molecular weight excluding hydrogens is 380 g/mol. The van der Waals surface area contributed by atoms with Crippen molar-refractivity contribution in [1.29, 1.82) is 0 Å². The number of rotatable bonds is 8. The van der Waals surface area contributed by atoms with Crippen molar-refractivity contribution in [2.45, 2.75) is 26.8 Å². The van der Waals surface area contributed by atoms with Gasteiger partial charge < -0.3 is 20.0 Å². The van der Waals surface area contributed by atoms with Crippen LogP contribution in [0.5, 0.6) is 0 Å². The minimum Gasteiger partial charge on any atom is -0.459 e. The molecule has 3 rings (SSSR count). The second-order valence-electron chi connectivity index (χ2n) is 8.13. The number of anilines is 1. The smallest absolute Gasteiger partial charge is 0.287 e. The van der Waals surface area contributed by atoms with Crippen molar-refractivity contribution in [2.75, 3.05) is 44.2 Å². The standard InChI is InChI=1S/C23H32N4O3/c1-17(2)21(25-22(28)20-8-5-15-30-20)23(29)24-9-10-26-11-13-27(14-12-26)19-7-4-6-18(3)16-19/h4-8,15-17,21H,9-14H2,1-3H3,(H,24,29)(H,25,28). The molecule has 0 radical (unpaired) electrons. The Hall–Kier alpha value is -2.80. The number of aryl methyl sites for hydroxylation is 1. The van der Waals surface area contributed by atoms with Crippen molar-refractivity contribution in [2.24, 2.45) is 5.92 Å². The van der Waals surface area contributed by atoms with E-state index < -0.39 is 6.04 Å². The van der Waals surface area contributed by atoms with Crippen LogP contribution in [0.1, 0.15) is 30.0 Å². The first-order chi connectivity index (χ1) is 14.4. The van der Waals surface area contributed by atoms with E-state index in [4.69, 9.17) is 4.42 Å². The van der Waals surface area contributed by atoms with E-state index in [1.807, 2.05) is 13.8 Å². The highest BCUT2D eigenvalue weighted by Crippen LogP contribution is 2.17. The Morgan fingerprint density at radius 1 is 1.10 bits per heavy atom. The van der Waals surface area contributed by atoms with Gasteiger partial charge in [-0.25, -0.2) is 0 Å². The van der Waals surface area contributed by atoms with Gasteiger partial charge in [-0.3, -0.25) is 14.5 Å². The van der Waals surface area contributed by atoms with Gasteiger partial charge in [-0.1, -0.05) is 26.0 Å². The summed E-state index contributed by atoms with van der Waals surface area (Å²) in [5, 5.41) is 5.74. The van der Waals surface area contributed by atoms with Gasteiger partial charge in [-0.05, 0) is 42.7 Å². The number of carbonyl (C=O) groups excluding carboxylic acids is 2. The second-order valence-corrected chi connectivity index (χ2v) is 8.13. The van der Waals surface area contributed by atoms with Crippen LogP contribution in [-0.4, -0.2) is 62.0 Å². The Kier molecular flexibility index (Phi) is 7.52. The predicted octanol–water partition coefficient (Wildman–Crippen LogP) is 2.28. The number of hydrogen-bond acceptors (Lipinski definition) is 5. The number of piperazine rings is 1. The SMILES string of the molecule is Cc1cccc(N2CCN(CCNC(=O)C(NC(=O)c3ccco3)C(C)C)CC2)c1. The molecule has 7 nitrogen and oxygen atoms in total. The van der Waals surface area contributed by atoms with Gasteiger partial charge in [0.25, 0.3) is 5.91 Å². The van der Waals surface area contributed by atoms with Crippen molar-refractivity contribution >= 4 is 17.5 Å². The van der Waals surface area contributed by atoms with E-state index in [1.54, 1.807) is 12.1 Å². The Morgan fingerprint density at radius 2 is 1.87 bits per heavy atom. The summed E-state index contributed by atoms with van der Waals surface area (Å²) in [5.74, 6) is -0.355. The topological polar surface area (TPSA) is 77.8 Å². The van der Waals surface area contributed by atoms with Gasteiger partial charge in [0.05, 0.1) is 6.26 Å². The van der Waals surface area contributed by atoms with E-state index in [0.29, 0.717) is 6.54 Å². The summed E-state index contributed by atoms with van der Waals surface area (Å²) >= 11 is 0. The molecule has 162 valence electrons. The third kappa shape index (κ3) is 5.86. The molecule has 0 saturated carbocycles. The Balaban J connectivity index is 1.41. The van der Waals surface area contributed by atoms with Crippen LogP contribution in [0.2, 0.25) is 0 Å². The van der Waals surface area contributed by atoms with E-state index in [-0.39, 0.29) is 23.5 Å². The summed E-state index contributed by atoms with van der Waals surface area (Å²) in [6.07, 6.45) is 1.44. The second kappa shape index (κ2) is 10.3. The first-order valence-corrected chi connectivity index (χ1v) is 10.6. The maximum atomic E-state index is 12.6. The minimum absolute atomic E-state index is 0.0261. The van der Waals surface area contributed by atoms with E-state index in [2.05, 4.69) is 51.6 Å². The quantitative estimate of drug-likeness (QED) is 0.696. The van der Waals surface area contributed by atoms with E-state index in [0.717, 1.165) is 32.7 Å². The maximum absolute atomic E-state index is 12.6. The summed E-state index contributed by atoms with van der Waals surface area (Å²) in [4.78, 5) is 29.6. The fourth-order valence-corrected chi connectivity index (χ4v) is 3.66. The number of benzene rings is 1. The Morgan fingerprint density at radius 3 is 2.50 bits per heavy atom. The van der Waals surface area contributed by atoms with Crippen LogP contribution in [0.15, 0.2) is 47.1 Å². The lowest BCUT2D eigenvalue weighted by Gasteiger charge is -2.36. The third-order valence-electron chi connectivity index (χ3n) is 5.45. The molecule has 2 aromatic rings. The monoisotopic (exact) mass is 412 g/mol. The number of nitrogens with zero attached hydrogens (tertiary/aromatic N) is 2. The molecule has 1 atom stereocenters. The molecule has 2 amide bonds. The molecule has 0 aliphatic carbocycles. The zero-order valence-electron chi connectivity index (χ0n) is 18.1. The van der Waals surface area contributed by atoms with Gasteiger partial charge in [0.1, 0.15) is 6.04 Å². The number of nitrogens with one attached hydrogen (secondary N) is 2. The lowest BCUT2D eigenvalue weighted by atomic mass is 10.0. The molecule has 1 aromatic carbocycles. The normalized spacial score (nSPS) is 15.8.